The molecule has 0 aliphatic heterocycles. The summed E-state index contributed by atoms with van der Waals surface area (Å²) >= 11 is 21.6. The summed E-state index contributed by atoms with van der Waals surface area (Å²) in [6.07, 6.45) is 1.06. The van der Waals surface area contributed by atoms with E-state index >= 15 is 0 Å². The molecule has 1 aromatic carbocycles. The van der Waals surface area contributed by atoms with Crippen LogP contribution in [0.4, 0.5) is 0 Å². The van der Waals surface area contributed by atoms with Gasteiger partial charge in [-0.25, -0.2) is 0 Å². The van der Waals surface area contributed by atoms with Gasteiger partial charge in [0.05, 0.1) is 10.0 Å². The molecule has 1 aromatic rings. The number of hydrogen-bond donors (Lipinski definition) is 0. The zero-order valence-electron chi connectivity index (χ0n) is 9.44. The van der Waals surface area contributed by atoms with E-state index in [0.29, 0.717) is 25.6 Å². The minimum absolute atomic E-state index is 0.0757. The second-order valence-corrected chi connectivity index (χ2v) is 7.19. The molecule has 2 atom stereocenters. The van der Waals surface area contributed by atoms with Crippen LogP contribution in [-0.2, 0) is 0 Å². The van der Waals surface area contributed by atoms with Crippen LogP contribution in [0.3, 0.4) is 0 Å². The van der Waals surface area contributed by atoms with Crippen LogP contribution in [0.5, 0.6) is 5.75 Å². The Bertz CT molecular complexity index is 424. The molecule has 1 aliphatic carbocycles. The van der Waals surface area contributed by atoms with Crippen molar-refractivity contribution >= 4 is 50.7 Å². The first kappa shape index (κ1) is 13.8. The first-order chi connectivity index (χ1) is 7.82. The van der Waals surface area contributed by atoms with Gasteiger partial charge in [0, 0.05) is 15.3 Å². The Hall–Kier alpha value is 0.370. The topological polar surface area (TPSA) is 9.23 Å². The van der Waals surface area contributed by atoms with Gasteiger partial charge in [0.2, 0.25) is 0 Å². The number of rotatable bonds is 2. The molecule has 17 heavy (non-hydrogen) atoms. The van der Waals surface area contributed by atoms with Gasteiger partial charge in [0.1, 0.15) is 6.10 Å². The Labute approximate surface area is 125 Å². The highest BCUT2D eigenvalue weighted by molar-refractivity contribution is 9.09. The van der Waals surface area contributed by atoms with E-state index in [-0.39, 0.29) is 11.5 Å². The van der Waals surface area contributed by atoms with Gasteiger partial charge in [-0.05, 0) is 18.6 Å². The summed E-state index contributed by atoms with van der Waals surface area (Å²) < 4.78 is 5.90. The minimum Gasteiger partial charge on any atom is -0.487 e. The Morgan fingerprint density at radius 2 is 1.76 bits per heavy atom. The molecule has 94 valence electrons. The highest BCUT2D eigenvalue weighted by Gasteiger charge is 2.48. The van der Waals surface area contributed by atoms with Crippen LogP contribution < -0.4 is 4.74 Å². The lowest BCUT2D eigenvalue weighted by atomic mass is 9.69. The summed E-state index contributed by atoms with van der Waals surface area (Å²) in [5.41, 5.74) is 0.0757. The molecule has 1 aliphatic rings. The van der Waals surface area contributed by atoms with Gasteiger partial charge < -0.3 is 4.74 Å². The van der Waals surface area contributed by atoms with Crippen molar-refractivity contribution in [2.75, 3.05) is 0 Å². The molecule has 0 radical (unpaired) electrons. The van der Waals surface area contributed by atoms with Crippen LogP contribution in [-0.4, -0.2) is 10.9 Å². The second-order valence-electron chi connectivity index (χ2n) is 4.83. The molecular weight excluding hydrogens is 346 g/mol. The van der Waals surface area contributed by atoms with Crippen molar-refractivity contribution in [1.82, 2.24) is 0 Å². The second kappa shape index (κ2) is 4.80. The predicted octanol–water partition coefficient (Wildman–Crippen LogP) is 5.59. The molecule has 0 aromatic heterocycles. The average molecular weight is 358 g/mol. The summed E-state index contributed by atoms with van der Waals surface area (Å²) in [5, 5.41) is 1.42. The largest absolute Gasteiger partial charge is 0.487 e. The van der Waals surface area contributed by atoms with Crippen molar-refractivity contribution in [2.24, 2.45) is 5.41 Å². The Kier molecular flexibility index (Phi) is 3.90. The number of halogens is 4. The smallest absolute Gasteiger partial charge is 0.157 e. The maximum Gasteiger partial charge on any atom is 0.157 e. The standard InChI is InChI=1S/C12H12BrCl3O/c1-12(2)9(13)5-10(12)17-11-7(15)3-6(14)4-8(11)16/h3-4,9-10H,5H2,1-2H3. The van der Waals surface area contributed by atoms with E-state index in [1.807, 2.05) is 0 Å². The van der Waals surface area contributed by atoms with Gasteiger partial charge in [-0.15, -0.1) is 0 Å². The molecule has 1 fully saturated rings. The van der Waals surface area contributed by atoms with Crippen molar-refractivity contribution in [3.63, 3.8) is 0 Å². The monoisotopic (exact) mass is 356 g/mol. The number of benzene rings is 1. The van der Waals surface area contributed by atoms with Crippen molar-refractivity contribution < 1.29 is 4.74 Å². The third-order valence-electron chi connectivity index (χ3n) is 3.28. The number of alkyl halides is 1. The highest BCUT2D eigenvalue weighted by Crippen LogP contribution is 2.49. The molecule has 0 heterocycles. The van der Waals surface area contributed by atoms with Crippen LogP contribution in [0.25, 0.3) is 0 Å². The van der Waals surface area contributed by atoms with E-state index in [4.69, 9.17) is 39.5 Å². The first-order valence-electron chi connectivity index (χ1n) is 5.27. The fourth-order valence-corrected chi connectivity index (χ4v) is 3.36. The minimum atomic E-state index is 0.0757. The molecule has 0 bridgehead atoms. The first-order valence-corrected chi connectivity index (χ1v) is 7.32. The SMILES string of the molecule is CC1(C)C(Br)CC1Oc1c(Cl)cc(Cl)cc1Cl. The maximum absolute atomic E-state index is 6.08. The summed E-state index contributed by atoms with van der Waals surface area (Å²) in [5.74, 6) is 0.523. The summed E-state index contributed by atoms with van der Waals surface area (Å²) in [6, 6.07) is 3.28. The molecule has 5 heteroatoms. The molecule has 0 N–H and O–H groups in total. The Morgan fingerprint density at radius 1 is 1.24 bits per heavy atom. The zero-order chi connectivity index (χ0) is 12.8. The van der Waals surface area contributed by atoms with E-state index in [1.54, 1.807) is 12.1 Å². The lowest BCUT2D eigenvalue weighted by molar-refractivity contribution is -0.00765. The van der Waals surface area contributed by atoms with Gasteiger partial charge in [0.15, 0.2) is 5.75 Å². The van der Waals surface area contributed by atoms with Crippen LogP contribution in [0.2, 0.25) is 15.1 Å². The summed E-state index contributed by atoms with van der Waals surface area (Å²) in [6.45, 7) is 4.30. The third-order valence-corrected chi connectivity index (χ3v) is 5.61. The Morgan fingerprint density at radius 3 is 2.18 bits per heavy atom. The normalized spacial score (nSPS) is 26.5. The lowest BCUT2D eigenvalue weighted by Gasteiger charge is -2.48. The summed E-state index contributed by atoms with van der Waals surface area (Å²) in [7, 11) is 0. The molecule has 0 spiro atoms. The van der Waals surface area contributed by atoms with Crippen LogP contribution >= 0.6 is 50.7 Å². The van der Waals surface area contributed by atoms with E-state index in [2.05, 4.69) is 29.8 Å². The molecular formula is C12H12BrCl3O. The number of ether oxygens (including phenoxy) is 1. The third kappa shape index (κ3) is 2.56. The van der Waals surface area contributed by atoms with Crippen LogP contribution in [0.15, 0.2) is 12.1 Å². The predicted molar refractivity (Wildman–Crippen MR) is 77.0 cm³/mol. The van der Waals surface area contributed by atoms with Gasteiger partial charge >= 0.3 is 0 Å². The van der Waals surface area contributed by atoms with Crippen LogP contribution in [0, 0.1) is 5.41 Å². The van der Waals surface area contributed by atoms with E-state index in [0.717, 1.165) is 6.42 Å². The van der Waals surface area contributed by atoms with Gasteiger partial charge in [-0.1, -0.05) is 64.6 Å². The van der Waals surface area contributed by atoms with Crippen molar-refractivity contribution in [3.8, 4) is 5.75 Å². The maximum atomic E-state index is 6.08. The average Bonchev–Trinajstić information content (AvgIpc) is 2.21. The van der Waals surface area contributed by atoms with Crippen molar-refractivity contribution in [3.05, 3.63) is 27.2 Å². The molecule has 1 saturated carbocycles. The lowest BCUT2D eigenvalue weighted by Crippen LogP contribution is -2.53. The fourth-order valence-electron chi connectivity index (χ4n) is 1.82. The quantitative estimate of drug-likeness (QED) is 0.626. The van der Waals surface area contributed by atoms with Crippen LogP contribution in [0.1, 0.15) is 20.3 Å². The van der Waals surface area contributed by atoms with Gasteiger partial charge in [-0.2, -0.15) is 0 Å². The van der Waals surface area contributed by atoms with E-state index in [1.165, 1.54) is 0 Å². The fraction of sp³-hybridized carbons (Fsp3) is 0.500. The van der Waals surface area contributed by atoms with E-state index in [9.17, 15) is 0 Å². The van der Waals surface area contributed by atoms with Crippen molar-refractivity contribution in [1.29, 1.82) is 0 Å². The highest BCUT2D eigenvalue weighted by atomic mass is 79.9. The molecule has 2 unspecified atom stereocenters. The van der Waals surface area contributed by atoms with Gasteiger partial charge in [0.25, 0.3) is 0 Å². The number of hydrogen-bond acceptors (Lipinski definition) is 1. The van der Waals surface area contributed by atoms with Crippen molar-refractivity contribution in [2.45, 2.75) is 31.2 Å². The molecule has 0 amide bonds. The molecule has 2 rings (SSSR count). The summed E-state index contributed by atoms with van der Waals surface area (Å²) in [4.78, 5) is 0.463. The Balaban J connectivity index is 2.21. The van der Waals surface area contributed by atoms with E-state index < -0.39 is 0 Å². The molecule has 0 saturated heterocycles. The van der Waals surface area contributed by atoms with Gasteiger partial charge in [-0.3, -0.25) is 0 Å². The molecule has 1 nitrogen and oxygen atoms in total. The zero-order valence-corrected chi connectivity index (χ0v) is 13.3.